The molecule has 0 heterocycles. The lowest BCUT2D eigenvalue weighted by atomic mass is 9.97. The monoisotopic (exact) mass is 242 g/mol. The van der Waals surface area contributed by atoms with Crippen molar-refractivity contribution in [1.82, 2.24) is 5.43 Å². The molecule has 0 aliphatic heterocycles. The number of hydrazine groups is 1. The number of hydrogen-bond acceptors (Lipinski definition) is 3. The Balaban J connectivity index is 2.45. The Labute approximate surface area is 108 Å². The van der Waals surface area contributed by atoms with Crippen LogP contribution in [0.4, 0.5) is 0 Å². The molecule has 3 N–H and O–H groups in total. The Kier molecular flexibility index (Phi) is 3.97. The van der Waals surface area contributed by atoms with Crippen molar-refractivity contribution in [2.75, 3.05) is 7.11 Å². The minimum atomic E-state index is -0.0678. The number of nitrogens with two attached hydrogens (primary N) is 1. The highest BCUT2D eigenvalue weighted by molar-refractivity contribution is 5.43. The highest BCUT2D eigenvalue weighted by Gasteiger charge is 2.16. The number of methoxy groups -OCH3 is 1. The largest absolute Gasteiger partial charge is 0.496 e. The minimum absolute atomic E-state index is 0.0678. The molecule has 0 bridgehead atoms. The van der Waals surface area contributed by atoms with Gasteiger partial charge in [0.2, 0.25) is 0 Å². The normalized spacial score (nSPS) is 12.2. The summed E-state index contributed by atoms with van der Waals surface area (Å²) in [6.07, 6.45) is 0. The van der Waals surface area contributed by atoms with E-state index in [0.29, 0.717) is 0 Å². The van der Waals surface area contributed by atoms with Crippen LogP contribution < -0.4 is 16.0 Å². The van der Waals surface area contributed by atoms with Crippen LogP contribution in [0.1, 0.15) is 22.7 Å². The van der Waals surface area contributed by atoms with Gasteiger partial charge in [-0.2, -0.15) is 0 Å². The topological polar surface area (TPSA) is 47.3 Å². The third-order valence-electron chi connectivity index (χ3n) is 3.00. The van der Waals surface area contributed by atoms with E-state index in [4.69, 9.17) is 10.6 Å². The van der Waals surface area contributed by atoms with Crippen LogP contribution in [0.15, 0.2) is 48.5 Å². The van der Waals surface area contributed by atoms with Gasteiger partial charge in [0.25, 0.3) is 0 Å². The molecule has 2 aromatic carbocycles. The second kappa shape index (κ2) is 5.67. The molecule has 0 amide bonds. The summed E-state index contributed by atoms with van der Waals surface area (Å²) < 4.78 is 5.43. The molecule has 3 heteroatoms. The molecular formula is C15H18N2O. The fraction of sp³-hybridized carbons (Fsp3) is 0.200. The van der Waals surface area contributed by atoms with Crippen molar-refractivity contribution < 1.29 is 4.74 Å². The molecule has 2 rings (SSSR count). The number of aryl methyl sites for hydroxylation is 1. The number of ether oxygens (including phenoxy) is 1. The molecule has 0 aromatic heterocycles. The number of nitrogens with one attached hydrogen (secondary N) is 1. The van der Waals surface area contributed by atoms with Gasteiger partial charge < -0.3 is 4.74 Å². The van der Waals surface area contributed by atoms with Crippen molar-refractivity contribution in [2.24, 2.45) is 5.84 Å². The molecule has 18 heavy (non-hydrogen) atoms. The maximum Gasteiger partial charge on any atom is 0.124 e. The van der Waals surface area contributed by atoms with Gasteiger partial charge in [-0.25, -0.2) is 5.43 Å². The molecule has 2 aromatic rings. The van der Waals surface area contributed by atoms with E-state index in [1.165, 1.54) is 5.56 Å². The molecule has 1 unspecified atom stereocenters. The first-order chi connectivity index (χ1) is 8.76. The van der Waals surface area contributed by atoms with E-state index < -0.39 is 0 Å². The third kappa shape index (κ3) is 2.53. The van der Waals surface area contributed by atoms with E-state index in [2.05, 4.69) is 11.5 Å². The fourth-order valence-corrected chi connectivity index (χ4v) is 2.07. The Morgan fingerprint density at radius 2 is 1.83 bits per heavy atom. The molecule has 0 saturated carbocycles. The number of rotatable bonds is 4. The minimum Gasteiger partial charge on any atom is -0.496 e. The van der Waals surface area contributed by atoms with Crippen LogP contribution in [0.3, 0.4) is 0 Å². The first kappa shape index (κ1) is 12.6. The van der Waals surface area contributed by atoms with Gasteiger partial charge in [-0.15, -0.1) is 0 Å². The highest BCUT2D eigenvalue weighted by Crippen LogP contribution is 2.30. The van der Waals surface area contributed by atoms with E-state index in [1.54, 1.807) is 7.11 Å². The highest BCUT2D eigenvalue weighted by atomic mass is 16.5. The van der Waals surface area contributed by atoms with Crippen molar-refractivity contribution in [3.05, 3.63) is 65.2 Å². The van der Waals surface area contributed by atoms with E-state index in [9.17, 15) is 0 Å². The van der Waals surface area contributed by atoms with Crippen LogP contribution >= 0.6 is 0 Å². The molecule has 0 aliphatic rings. The van der Waals surface area contributed by atoms with E-state index in [-0.39, 0.29) is 6.04 Å². The third-order valence-corrected chi connectivity index (χ3v) is 3.00. The Morgan fingerprint density at radius 3 is 2.44 bits per heavy atom. The number of benzene rings is 2. The molecule has 0 saturated heterocycles. The molecular weight excluding hydrogens is 224 g/mol. The van der Waals surface area contributed by atoms with Gasteiger partial charge in [-0.05, 0) is 24.1 Å². The summed E-state index contributed by atoms with van der Waals surface area (Å²) in [5.41, 5.74) is 6.17. The Bertz CT molecular complexity index is 511. The van der Waals surface area contributed by atoms with Gasteiger partial charge in [-0.3, -0.25) is 5.84 Å². The summed E-state index contributed by atoms with van der Waals surface area (Å²) in [7, 11) is 1.68. The zero-order valence-corrected chi connectivity index (χ0v) is 10.7. The van der Waals surface area contributed by atoms with Crippen LogP contribution in [0.2, 0.25) is 0 Å². The van der Waals surface area contributed by atoms with Crippen LogP contribution in [0.25, 0.3) is 0 Å². The van der Waals surface area contributed by atoms with Gasteiger partial charge in [0.15, 0.2) is 0 Å². The lowest BCUT2D eigenvalue weighted by molar-refractivity contribution is 0.404. The zero-order valence-electron chi connectivity index (χ0n) is 10.7. The number of hydrogen-bond donors (Lipinski definition) is 2. The standard InChI is InChI=1S/C15H18N2O/c1-11-8-9-13(14(10-11)18-2)15(17-16)12-6-4-3-5-7-12/h3-10,15,17H,16H2,1-2H3. The maximum absolute atomic E-state index is 5.69. The van der Waals surface area contributed by atoms with Crippen molar-refractivity contribution in [3.63, 3.8) is 0 Å². The van der Waals surface area contributed by atoms with Gasteiger partial charge in [-0.1, -0.05) is 42.5 Å². The summed E-state index contributed by atoms with van der Waals surface area (Å²) in [5, 5.41) is 0. The predicted octanol–water partition coefficient (Wildman–Crippen LogP) is 2.56. The molecule has 0 aliphatic carbocycles. The van der Waals surface area contributed by atoms with Crippen molar-refractivity contribution in [2.45, 2.75) is 13.0 Å². The predicted molar refractivity (Wildman–Crippen MR) is 73.3 cm³/mol. The fourth-order valence-electron chi connectivity index (χ4n) is 2.07. The molecule has 1 atom stereocenters. The summed E-state index contributed by atoms with van der Waals surface area (Å²) in [5.74, 6) is 6.54. The molecule has 0 radical (unpaired) electrons. The molecule has 94 valence electrons. The second-order valence-corrected chi connectivity index (χ2v) is 4.26. The smallest absolute Gasteiger partial charge is 0.124 e. The van der Waals surface area contributed by atoms with E-state index in [1.807, 2.05) is 49.4 Å². The van der Waals surface area contributed by atoms with Crippen LogP contribution in [-0.4, -0.2) is 7.11 Å². The van der Waals surface area contributed by atoms with Gasteiger partial charge in [0.05, 0.1) is 13.2 Å². The summed E-state index contributed by atoms with van der Waals surface area (Å²) in [6, 6.07) is 16.1. The summed E-state index contributed by atoms with van der Waals surface area (Å²) >= 11 is 0. The molecule has 0 spiro atoms. The Hall–Kier alpha value is -1.84. The van der Waals surface area contributed by atoms with Gasteiger partial charge in [0, 0.05) is 5.56 Å². The van der Waals surface area contributed by atoms with Gasteiger partial charge >= 0.3 is 0 Å². The van der Waals surface area contributed by atoms with Gasteiger partial charge in [0.1, 0.15) is 5.75 Å². The van der Waals surface area contributed by atoms with Crippen LogP contribution in [0.5, 0.6) is 5.75 Å². The first-order valence-corrected chi connectivity index (χ1v) is 5.92. The first-order valence-electron chi connectivity index (χ1n) is 5.92. The second-order valence-electron chi connectivity index (χ2n) is 4.26. The molecule has 0 fully saturated rings. The molecule has 3 nitrogen and oxygen atoms in total. The SMILES string of the molecule is COc1cc(C)ccc1C(NN)c1ccccc1. The lowest BCUT2D eigenvalue weighted by Crippen LogP contribution is -2.29. The van der Waals surface area contributed by atoms with E-state index >= 15 is 0 Å². The summed E-state index contributed by atoms with van der Waals surface area (Å²) in [4.78, 5) is 0. The summed E-state index contributed by atoms with van der Waals surface area (Å²) in [6.45, 7) is 2.04. The van der Waals surface area contributed by atoms with Crippen molar-refractivity contribution in [3.8, 4) is 5.75 Å². The Morgan fingerprint density at radius 1 is 1.11 bits per heavy atom. The van der Waals surface area contributed by atoms with Crippen molar-refractivity contribution >= 4 is 0 Å². The van der Waals surface area contributed by atoms with E-state index in [0.717, 1.165) is 16.9 Å². The maximum atomic E-state index is 5.69. The average Bonchev–Trinajstić information content (AvgIpc) is 2.42. The quantitative estimate of drug-likeness (QED) is 0.640. The van der Waals surface area contributed by atoms with Crippen LogP contribution in [-0.2, 0) is 0 Å². The zero-order chi connectivity index (χ0) is 13.0. The lowest BCUT2D eigenvalue weighted by Gasteiger charge is -2.20. The van der Waals surface area contributed by atoms with Crippen molar-refractivity contribution in [1.29, 1.82) is 0 Å². The average molecular weight is 242 g/mol. The van der Waals surface area contributed by atoms with Crippen LogP contribution in [0, 0.1) is 6.92 Å².